The lowest BCUT2D eigenvalue weighted by Crippen LogP contribution is -2.40. The number of carboxylic acids is 1. The van der Waals surface area contributed by atoms with Gasteiger partial charge in [-0.2, -0.15) is 0 Å². The highest BCUT2D eigenvalue weighted by atomic mass is 16.4. The predicted molar refractivity (Wildman–Crippen MR) is 80.3 cm³/mol. The Morgan fingerprint density at radius 3 is 2.27 bits per heavy atom. The average molecular weight is 317 g/mol. The third-order valence-corrected chi connectivity index (χ3v) is 3.37. The van der Waals surface area contributed by atoms with E-state index in [1.54, 1.807) is 0 Å². The Morgan fingerprint density at radius 1 is 1.09 bits per heavy atom. The topological polar surface area (TPSA) is 124 Å². The van der Waals surface area contributed by atoms with E-state index in [4.69, 9.17) is 10.2 Å². The average Bonchev–Trinajstić information content (AvgIpc) is 2.44. The minimum Gasteiger partial charge on any atom is -0.479 e. The maximum absolute atomic E-state index is 11.8. The van der Waals surface area contributed by atoms with Crippen molar-refractivity contribution in [3.8, 4) is 0 Å². The minimum atomic E-state index is -1.59. The van der Waals surface area contributed by atoms with E-state index in [1.165, 1.54) is 6.92 Å². The molecule has 0 saturated heterocycles. The van der Waals surface area contributed by atoms with Crippen molar-refractivity contribution in [3.63, 3.8) is 0 Å². The molecule has 4 N–H and O–H groups in total. The van der Waals surface area contributed by atoms with Crippen LogP contribution in [0.2, 0.25) is 0 Å². The number of amides is 1. The van der Waals surface area contributed by atoms with Crippen LogP contribution in [-0.4, -0.2) is 51.2 Å². The number of carbonyl (C=O) groups excluding carboxylic acids is 2. The van der Waals surface area contributed by atoms with Gasteiger partial charge in [-0.3, -0.25) is 9.59 Å². The molecule has 0 aliphatic heterocycles. The van der Waals surface area contributed by atoms with E-state index in [0.717, 1.165) is 19.3 Å². The summed E-state index contributed by atoms with van der Waals surface area (Å²) in [6, 6.07) is -0.740. The van der Waals surface area contributed by atoms with Gasteiger partial charge >= 0.3 is 5.97 Å². The van der Waals surface area contributed by atoms with Crippen LogP contribution in [0.25, 0.3) is 0 Å². The zero-order chi connectivity index (χ0) is 17.1. The molecule has 0 rings (SSSR count). The molecule has 0 radical (unpaired) electrons. The third kappa shape index (κ3) is 9.46. The second-order valence-electron chi connectivity index (χ2n) is 5.50. The van der Waals surface area contributed by atoms with Crippen molar-refractivity contribution in [1.82, 2.24) is 5.32 Å². The number of hydrogen-bond donors (Lipinski definition) is 4. The molecule has 0 unspecified atom stereocenters. The van der Waals surface area contributed by atoms with Gasteiger partial charge in [-0.25, -0.2) is 4.79 Å². The molecule has 0 spiro atoms. The van der Waals surface area contributed by atoms with Crippen molar-refractivity contribution < 1.29 is 29.7 Å². The summed E-state index contributed by atoms with van der Waals surface area (Å²) >= 11 is 0. The molecule has 128 valence electrons. The molecule has 0 aliphatic rings. The second kappa shape index (κ2) is 11.1. The van der Waals surface area contributed by atoms with Gasteiger partial charge in [0.05, 0.1) is 12.1 Å². The Balaban J connectivity index is 4.03. The van der Waals surface area contributed by atoms with Gasteiger partial charge in [0, 0.05) is 12.8 Å². The molecule has 0 heterocycles. The first-order chi connectivity index (χ1) is 10.3. The molecule has 0 aromatic heterocycles. The lowest BCUT2D eigenvalue weighted by molar-refractivity contribution is -0.147. The van der Waals surface area contributed by atoms with Crippen LogP contribution in [0.3, 0.4) is 0 Å². The van der Waals surface area contributed by atoms with E-state index >= 15 is 0 Å². The summed E-state index contributed by atoms with van der Waals surface area (Å²) in [6.45, 7) is 3.57. The summed E-state index contributed by atoms with van der Waals surface area (Å²) in [5, 5.41) is 29.7. The van der Waals surface area contributed by atoms with Gasteiger partial charge in [-0.1, -0.05) is 26.2 Å². The number of aliphatic carboxylic acids is 1. The quantitative estimate of drug-likeness (QED) is 0.391. The fourth-order valence-corrected chi connectivity index (χ4v) is 1.93. The van der Waals surface area contributed by atoms with E-state index in [1.807, 2.05) is 0 Å². The summed E-state index contributed by atoms with van der Waals surface area (Å²) < 4.78 is 0. The Bertz CT molecular complexity index is 371. The van der Waals surface area contributed by atoms with E-state index in [-0.39, 0.29) is 25.0 Å². The smallest absolute Gasteiger partial charge is 0.332 e. The lowest BCUT2D eigenvalue weighted by Gasteiger charge is -2.16. The van der Waals surface area contributed by atoms with Crippen molar-refractivity contribution in [2.45, 2.75) is 77.0 Å². The Kier molecular flexibility index (Phi) is 10.4. The molecule has 0 fully saturated rings. The summed E-state index contributed by atoms with van der Waals surface area (Å²) in [4.78, 5) is 33.8. The Labute approximate surface area is 130 Å². The van der Waals surface area contributed by atoms with Crippen LogP contribution in [0.1, 0.15) is 58.8 Å². The van der Waals surface area contributed by atoms with Crippen molar-refractivity contribution >= 4 is 17.7 Å². The molecular weight excluding hydrogens is 290 g/mol. The number of carbonyl (C=O) groups is 3. The largest absolute Gasteiger partial charge is 0.479 e. The fraction of sp³-hybridized carbons (Fsp3) is 0.800. The van der Waals surface area contributed by atoms with Gasteiger partial charge in [-0.15, -0.1) is 0 Å². The zero-order valence-electron chi connectivity index (χ0n) is 13.2. The van der Waals surface area contributed by atoms with Crippen molar-refractivity contribution in [1.29, 1.82) is 0 Å². The molecule has 0 saturated carbocycles. The van der Waals surface area contributed by atoms with E-state index in [0.29, 0.717) is 6.42 Å². The van der Waals surface area contributed by atoms with Gasteiger partial charge in [0.1, 0.15) is 0 Å². The molecule has 0 aliphatic carbocycles. The van der Waals surface area contributed by atoms with Crippen LogP contribution in [0.5, 0.6) is 0 Å². The molecule has 0 aromatic rings. The maximum atomic E-state index is 11.8. The molecule has 22 heavy (non-hydrogen) atoms. The van der Waals surface area contributed by atoms with Crippen LogP contribution in [-0.2, 0) is 14.4 Å². The molecule has 7 heteroatoms. The molecule has 3 atom stereocenters. The first-order valence-corrected chi connectivity index (χ1v) is 7.68. The standard InChI is InChI=1S/C15H27NO6/c1-3-4-5-6-11(17)9-13(19)10(2)16-14(20)8-7-12(18)15(21)22/h10-12,17-18H,3-9H2,1-2H3,(H,16,20)(H,21,22)/t10-,11-,12-/m0/s1. The summed E-state index contributed by atoms with van der Waals surface area (Å²) in [7, 11) is 0. The van der Waals surface area contributed by atoms with Crippen LogP contribution in [0.4, 0.5) is 0 Å². The fourth-order valence-electron chi connectivity index (χ4n) is 1.93. The number of Topliss-reactive ketones (excluding diaryl/α,β-unsaturated/α-hetero) is 1. The monoisotopic (exact) mass is 317 g/mol. The van der Waals surface area contributed by atoms with Crippen molar-refractivity contribution in [2.24, 2.45) is 0 Å². The van der Waals surface area contributed by atoms with E-state index in [9.17, 15) is 19.5 Å². The number of aliphatic hydroxyl groups is 2. The number of hydrogen-bond acceptors (Lipinski definition) is 5. The van der Waals surface area contributed by atoms with Gasteiger partial charge in [0.2, 0.25) is 5.91 Å². The lowest BCUT2D eigenvalue weighted by atomic mass is 10.0. The molecule has 7 nitrogen and oxygen atoms in total. The van der Waals surface area contributed by atoms with Crippen LogP contribution < -0.4 is 5.32 Å². The minimum absolute atomic E-state index is 0.0110. The molecular formula is C15H27NO6. The first kappa shape index (κ1) is 20.5. The van der Waals surface area contributed by atoms with Gasteiger partial charge in [0.15, 0.2) is 11.9 Å². The van der Waals surface area contributed by atoms with Gasteiger partial charge in [-0.05, 0) is 19.8 Å². The Morgan fingerprint density at radius 2 is 1.73 bits per heavy atom. The molecule has 0 bridgehead atoms. The number of carboxylic acid groups (broad SMARTS) is 1. The summed E-state index contributed by atoms with van der Waals surface area (Å²) in [5.41, 5.74) is 0. The van der Waals surface area contributed by atoms with E-state index < -0.39 is 30.1 Å². The highest BCUT2D eigenvalue weighted by molar-refractivity contribution is 5.89. The van der Waals surface area contributed by atoms with Crippen molar-refractivity contribution in [2.75, 3.05) is 0 Å². The third-order valence-electron chi connectivity index (χ3n) is 3.37. The second-order valence-corrected chi connectivity index (χ2v) is 5.50. The predicted octanol–water partition coefficient (Wildman–Crippen LogP) is 0.617. The van der Waals surface area contributed by atoms with Crippen LogP contribution >= 0.6 is 0 Å². The van der Waals surface area contributed by atoms with Gasteiger partial charge < -0.3 is 20.6 Å². The van der Waals surface area contributed by atoms with Crippen LogP contribution in [0.15, 0.2) is 0 Å². The molecule has 0 aromatic carbocycles. The molecule has 1 amide bonds. The number of rotatable bonds is 12. The SMILES string of the molecule is CCCCC[C@H](O)CC(=O)[C@H](C)NC(=O)CC[C@H](O)C(=O)O. The first-order valence-electron chi connectivity index (χ1n) is 7.68. The van der Waals surface area contributed by atoms with Crippen LogP contribution in [0, 0.1) is 0 Å². The summed E-state index contributed by atoms with van der Waals surface area (Å²) in [6.07, 6.45) is 0.779. The van der Waals surface area contributed by atoms with E-state index in [2.05, 4.69) is 12.2 Å². The highest BCUT2D eigenvalue weighted by Crippen LogP contribution is 2.08. The number of aliphatic hydroxyl groups excluding tert-OH is 2. The summed E-state index contributed by atoms with van der Waals surface area (Å²) in [5.74, 6) is -2.15. The van der Waals surface area contributed by atoms with Crippen molar-refractivity contribution in [3.05, 3.63) is 0 Å². The number of unbranched alkanes of at least 4 members (excludes halogenated alkanes) is 2. The maximum Gasteiger partial charge on any atom is 0.332 e. The Hall–Kier alpha value is -1.47. The number of nitrogens with one attached hydrogen (secondary N) is 1. The van der Waals surface area contributed by atoms with Gasteiger partial charge in [0.25, 0.3) is 0 Å². The highest BCUT2D eigenvalue weighted by Gasteiger charge is 2.20. The number of ketones is 1. The zero-order valence-corrected chi connectivity index (χ0v) is 13.2. The normalized spacial score (nSPS) is 14.9.